The Labute approximate surface area is 75.7 Å². The summed E-state index contributed by atoms with van der Waals surface area (Å²) in [5, 5.41) is 4.09. The normalized spacial score (nSPS) is 11.8. The zero-order valence-corrected chi connectivity index (χ0v) is 8.43. The third-order valence-corrected chi connectivity index (χ3v) is 1.62. The molecule has 0 saturated carbocycles. The van der Waals surface area contributed by atoms with Gasteiger partial charge in [0.05, 0.1) is 5.71 Å². The van der Waals surface area contributed by atoms with E-state index >= 15 is 0 Å². The largest absolute Gasteiger partial charge is 0.310 e. The van der Waals surface area contributed by atoms with Crippen molar-refractivity contribution >= 4 is 5.71 Å². The van der Waals surface area contributed by atoms with E-state index in [1.54, 1.807) is 6.08 Å². The van der Waals surface area contributed by atoms with Crippen molar-refractivity contribution in [2.24, 2.45) is 11.0 Å². The summed E-state index contributed by atoms with van der Waals surface area (Å²) in [5.41, 5.74) is 3.95. The fraction of sp³-hybridized carbons (Fsp3) is 0.700. The Hall–Kier alpha value is -0.790. The molecule has 2 heteroatoms. The first-order chi connectivity index (χ1) is 5.66. The molecule has 0 fully saturated rings. The minimum Gasteiger partial charge on any atom is -0.310 e. The summed E-state index contributed by atoms with van der Waals surface area (Å²) in [7, 11) is 0. The molecule has 0 aromatic carbocycles. The molecule has 0 aliphatic carbocycles. The smallest absolute Gasteiger partial charge is 0.0566 e. The highest BCUT2D eigenvalue weighted by Gasteiger charge is 1.91. The molecule has 2 nitrogen and oxygen atoms in total. The Balaban J connectivity index is 3.27. The van der Waals surface area contributed by atoms with E-state index in [1.165, 1.54) is 12.8 Å². The van der Waals surface area contributed by atoms with Crippen LogP contribution in [0.3, 0.4) is 0 Å². The van der Waals surface area contributed by atoms with Gasteiger partial charge in [-0.1, -0.05) is 20.4 Å². The van der Waals surface area contributed by atoms with Gasteiger partial charge >= 0.3 is 0 Å². The van der Waals surface area contributed by atoms with Crippen molar-refractivity contribution in [1.29, 1.82) is 0 Å². The van der Waals surface area contributed by atoms with Gasteiger partial charge < -0.3 is 5.43 Å². The predicted molar refractivity (Wildman–Crippen MR) is 55.4 cm³/mol. The Kier molecular flexibility index (Phi) is 6.44. The van der Waals surface area contributed by atoms with Crippen LogP contribution in [-0.4, -0.2) is 12.3 Å². The van der Waals surface area contributed by atoms with E-state index in [1.807, 2.05) is 6.92 Å². The molecule has 0 rings (SSSR count). The molecule has 0 unspecified atom stereocenters. The van der Waals surface area contributed by atoms with E-state index in [9.17, 15) is 0 Å². The Morgan fingerprint density at radius 1 is 1.58 bits per heavy atom. The lowest BCUT2D eigenvalue weighted by Crippen LogP contribution is -2.10. The van der Waals surface area contributed by atoms with Crippen molar-refractivity contribution in [3.8, 4) is 0 Å². The summed E-state index contributed by atoms with van der Waals surface area (Å²) in [6, 6.07) is 0. The third kappa shape index (κ3) is 7.32. The second-order valence-corrected chi connectivity index (χ2v) is 3.40. The zero-order chi connectivity index (χ0) is 9.40. The topological polar surface area (TPSA) is 24.4 Å². The lowest BCUT2D eigenvalue weighted by molar-refractivity contribution is 0.534. The number of nitrogens with one attached hydrogen (secondary N) is 1. The van der Waals surface area contributed by atoms with Crippen LogP contribution in [0.15, 0.2) is 17.8 Å². The van der Waals surface area contributed by atoms with Crippen molar-refractivity contribution in [2.75, 3.05) is 6.54 Å². The third-order valence-electron chi connectivity index (χ3n) is 1.62. The Morgan fingerprint density at radius 3 is 2.75 bits per heavy atom. The number of rotatable bonds is 6. The van der Waals surface area contributed by atoms with Crippen molar-refractivity contribution in [3.63, 3.8) is 0 Å². The second kappa shape index (κ2) is 6.89. The molecule has 0 heterocycles. The number of hydrogen-bond acceptors (Lipinski definition) is 2. The molecule has 0 atom stereocenters. The molecule has 0 amide bonds. The van der Waals surface area contributed by atoms with Gasteiger partial charge in [-0.25, -0.2) is 0 Å². The summed E-state index contributed by atoms with van der Waals surface area (Å²) < 4.78 is 0. The summed E-state index contributed by atoms with van der Waals surface area (Å²) in [5.74, 6) is 0.788. The minimum absolute atomic E-state index is 0.788. The maximum atomic E-state index is 4.09. The minimum atomic E-state index is 0.788. The molecule has 0 bridgehead atoms. The van der Waals surface area contributed by atoms with E-state index < -0.39 is 0 Å². The van der Waals surface area contributed by atoms with Gasteiger partial charge in [0.15, 0.2) is 0 Å². The van der Waals surface area contributed by atoms with Crippen LogP contribution in [0.25, 0.3) is 0 Å². The highest BCUT2D eigenvalue weighted by atomic mass is 15.3. The van der Waals surface area contributed by atoms with Gasteiger partial charge in [-0.15, -0.1) is 0 Å². The van der Waals surface area contributed by atoms with Crippen LogP contribution < -0.4 is 5.43 Å². The van der Waals surface area contributed by atoms with E-state index in [-0.39, 0.29) is 0 Å². The molecule has 0 aliphatic heterocycles. The van der Waals surface area contributed by atoms with Gasteiger partial charge in [0.1, 0.15) is 0 Å². The molecule has 0 saturated heterocycles. The van der Waals surface area contributed by atoms with Crippen LogP contribution in [0, 0.1) is 5.92 Å². The molecule has 1 N–H and O–H groups in total. The van der Waals surface area contributed by atoms with Crippen molar-refractivity contribution < 1.29 is 0 Å². The molecule has 0 aromatic heterocycles. The summed E-state index contributed by atoms with van der Waals surface area (Å²) in [6.45, 7) is 11.0. The van der Waals surface area contributed by atoms with Crippen LogP contribution in [0.4, 0.5) is 0 Å². The average molecular weight is 168 g/mol. The molecular weight excluding hydrogens is 148 g/mol. The second-order valence-electron chi connectivity index (χ2n) is 3.40. The first kappa shape index (κ1) is 11.2. The monoisotopic (exact) mass is 168 g/mol. The van der Waals surface area contributed by atoms with Gasteiger partial charge in [-0.2, -0.15) is 5.10 Å². The Morgan fingerprint density at radius 2 is 2.25 bits per heavy atom. The lowest BCUT2D eigenvalue weighted by Gasteiger charge is -2.03. The quantitative estimate of drug-likeness (QED) is 0.368. The van der Waals surface area contributed by atoms with Crippen molar-refractivity contribution in [1.82, 2.24) is 5.43 Å². The molecule has 0 aromatic rings. The van der Waals surface area contributed by atoms with Gasteiger partial charge in [-0.3, -0.25) is 0 Å². The van der Waals surface area contributed by atoms with Crippen molar-refractivity contribution in [2.45, 2.75) is 33.6 Å². The lowest BCUT2D eigenvalue weighted by atomic mass is 10.1. The van der Waals surface area contributed by atoms with E-state index in [0.29, 0.717) is 0 Å². The van der Waals surface area contributed by atoms with Crippen LogP contribution in [0.1, 0.15) is 33.6 Å². The fourth-order valence-corrected chi connectivity index (χ4v) is 0.816. The number of nitrogens with zero attached hydrogens (tertiary/aromatic N) is 1. The van der Waals surface area contributed by atoms with Gasteiger partial charge in [0.2, 0.25) is 0 Å². The fourth-order valence-electron chi connectivity index (χ4n) is 0.816. The molecule has 70 valence electrons. The standard InChI is InChI=1S/C10H20N2/c1-5-10(4)12-11-8-6-7-9(2)3/h5,9,11H,1,6-8H2,2-4H3. The van der Waals surface area contributed by atoms with Crippen LogP contribution in [-0.2, 0) is 0 Å². The zero-order valence-electron chi connectivity index (χ0n) is 8.43. The van der Waals surface area contributed by atoms with Crippen molar-refractivity contribution in [3.05, 3.63) is 12.7 Å². The molecular formula is C10H20N2. The maximum absolute atomic E-state index is 4.09. The summed E-state index contributed by atoms with van der Waals surface area (Å²) >= 11 is 0. The van der Waals surface area contributed by atoms with Gasteiger partial charge in [0.25, 0.3) is 0 Å². The SMILES string of the molecule is C=CC(C)=NNCCCC(C)C. The molecule has 0 spiro atoms. The van der Waals surface area contributed by atoms with E-state index in [0.717, 1.165) is 18.2 Å². The number of hydrazone groups is 1. The van der Waals surface area contributed by atoms with E-state index in [2.05, 4.69) is 31.0 Å². The maximum Gasteiger partial charge on any atom is 0.0566 e. The van der Waals surface area contributed by atoms with Crippen LogP contribution >= 0.6 is 0 Å². The summed E-state index contributed by atoms with van der Waals surface area (Å²) in [4.78, 5) is 0. The van der Waals surface area contributed by atoms with Gasteiger partial charge in [0, 0.05) is 6.54 Å². The van der Waals surface area contributed by atoms with Crippen LogP contribution in [0.2, 0.25) is 0 Å². The van der Waals surface area contributed by atoms with Crippen LogP contribution in [0.5, 0.6) is 0 Å². The first-order valence-electron chi connectivity index (χ1n) is 4.56. The van der Waals surface area contributed by atoms with Gasteiger partial charge in [-0.05, 0) is 31.8 Å². The van der Waals surface area contributed by atoms with E-state index in [4.69, 9.17) is 0 Å². The Bertz CT molecular complexity index is 148. The number of hydrogen-bond donors (Lipinski definition) is 1. The molecule has 12 heavy (non-hydrogen) atoms. The molecule has 0 aliphatic rings. The predicted octanol–water partition coefficient (Wildman–Crippen LogP) is 2.57. The molecule has 0 radical (unpaired) electrons. The summed E-state index contributed by atoms with van der Waals surface area (Å²) in [6.07, 6.45) is 4.19. The number of allylic oxidation sites excluding steroid dienone is 1. The first-order valence-corrected chi connectivity index (χ1v) is 4.56. The highest BCUT2D eigenvalue weighted by Crippen LogP contribution is 2.01. The highest BCUT2D eigenvalue weighted by molar-refractivity contribution is 5.91. The average Bonchev–Trinajstić information content (AvgIpc) is 2.03.